The Hall–Kier alpha value is -1.72. The van der Waals surface area contributed by atoms with E-state index < -0.39 is 5.79 Å². The van der Waals surface area contributed by atoms with Gasteiger partial charge in [0.15, 0.2) is 5.78 Å². The van der Waals surface area contributed by atoms with E-state index in [2.05, 4.69) is 6.92 Å². The van der Waals surface area contributed by atoms with Crippen LogP contribution in [0.4, 0.5) is 0 Å². The van der Waals surface area contributed by atoms with E-state index in [1.54, 1.807) is 42.5 Å². The van der Waals surface area contributed by atoms with Gasteiger partial charge in [-0.05, 0) is 18.6 Å². The highest BCUT2D eigenvalue weighted by molar-refractivity contribution is 6.31. The summed E-state index contributed by atoms with van der Waals surface area (Å²) in [5.41, 5.74) is 1.82. The molecular weight excluding hydrogens is 364 g/mol. The fourth-order valence-electron chi connectivity index (χ4n) is 3.63. The summed E-state index contributed by atoms with van der Waals surface area (Å²) < 4.78 is 6.10. The van der Waals surface area contributed by atoms with Crippen molar-refractivity contribution in [1.82, 2.24) is 0 Å². The van der Waals surface area contributed by atoms with Gasteiger partial charge >= 0.3 is 0 Å². The van der Waals surface area contributed by atoms with Crippen LogP contribution < -0.4 is 0 Å². The summed E-state index contributed by atoms with van der Waals surface area (Å²) in [6, 6.07) is 12.0. The molecule has 0 spiro atoms. The Morgan fingerprint density at radius 3 is 2.44 bits per heavy atom. The second-order valence-corrected chi connectivity index (χ2v) is 7.33. The number of hydrogen-bond donors (Lipinski definition) is 1. The van der Waals surface area contributed by atoms with E-state index in [1.165, 1.54) is 19.3 Å². The standard InChI is InChI=1S/C22H25ClO4/c1-2-3-4-5-6-9-14-26-22(27-25)19-11-8-7-10-17(19)21(24)18-15-16(23)12-13-20(18)22/h7-8,10-13,15,25H,2-6,9,14H2,1H3. The zero-order chi connectivity index (χ0) is 19.3. The Bertz CT molecular complexity index is 805. The molecule has 0 heterocycles. The number of unbranched alkanes of at least 4 members (excludes halogenated alkanes) is 5. The lowest BCUT2D eigenvalue weighted by molar-refractivity contribution is -0.396. The Morgan fingerprint density at radius 2 is 1.67 bits per heavy atom. The Morgan fingerprint density at radius 1 is 0.963 bits per heavy atom. The number of benzene rings is 2. The summed E-state index contributed by atoms with van der Waals surface area (Å²) in [4.78, 5) is 17.8. The topological polar surface area (TPSA) is 55.8 Å². The van der Waals surface area contributed by atoms with E-state index in [1.807, 2.05) is 0 Å². The molecule has 0 bridgehead atoms. The van der Waals surface area contributed by atoms with Crippen LogP contribution in [0.15, 0.2) is 42.5 Å². The van der Waals surface area contributed by atoms with Gasteiger partial charge in [-0.25, -0.2) is 5.26 Å². The molecule has 0 amide bonds. The van der Waals surface area contributed by atoms with E-state index in [9.17, 15) is 10.1 Å². The van der Waals surface area contributed by atoms with Crippen LogP contribution >= 0.6 is 11.6 Å². The first-order valence-corrected chi connectivity index (χ1v) is 9.92. The fourth-order valence-corrected chi connectivity index (χ4v) is 3.80. The normalized spacial score (nSPS) is 18.3. The van der Waals surface area contributed by atoms with E-state index in [-0.39, 0.29) is 5.78 Å². The largest absolute Gasteiger partial charge is 0.340 e. The van der Waals surface area contributed by atoms with Crippen LogP contribution in [-0.2, 0) is 15.4 Å². The molecule has 0 fully saturated rings. The van der Waals surface area contributed by atoms with E-state index in [0.29, 0.717) is 33.9 Å². The lowest BCUT2D eigenvalue weighted by Gasteiger charge is -2.36. The molecule has 0 radical (unpaired) electrons. The molecule has 1 aliphatic rings. The molecule has 0 saturated heterocycles. The zero-order valence-corrected chi connectivity index (χ0v) is 16.3. The van der Waals surface area contributed by atoms with Crippen molar-refractivity contribution in [3.05, 3.63) is 69.7 Å². The molecule has 3 rings (SSSR count). The van der Waals surface area contributed by atoms with Gasteiger partial charge in [-0.1, -0.05) is 81.0 Å². The number of ketones is 1. The molecule has 27 heavy (non-hydrogen) atoms. The third-order valence-electron chi connectivity index (χ3n) is 5.04. The molecule has 2 aromatic rings. The fraction of sp³-hybridized carbons (Fsp3) is 0.409. The highest BCUT2D eigenvalue weighted by atomic mass is 35.5. The number of carbonyl (C=O) groups is 1. The monoisotopic (exact) mass is 388 g/mol. The molecule has 1 aliphatic carbocycles. The molecule has 2 aromatic carbocycles. The number of rotatable bonds is 9. The molecule has 144 valence electrons. The first-order valence-electron chi connectivity index (χ1n) is 9.55. The number of carbonyl (C=O) groups excluding carboxylic acids is 1. The quantitative estimate of drug-likeness (QED) is 0.249. The predicted molar refractivity (Wildman–Crippen MR) is 105 cm³/mol. The minimum atomic E-state index is -1.52. The molecule has 0 aliphatic heterocycles. The second kappa shape index (κ2) is 8.98. The van der Waals surface area contributed by atoms with Crippen LogP contribution in [0, 0.1) is 0 Å². The minimum Gasteiger partial charge on any atom is -0.340 e. The summed E-state index contributed by atoms with van der Waals surface area (Å²) >= 11 is 6.10. The highest BCUT2D eigenvalue weighted by Gasteiger charge is 2.46. The maximum atomic E-state index is 12.9. The Balaban J connectivity index is 1.87. The zero-order valence-electron chi connectivity index (χ0n) is 15.5. The maximum Gasteiger partial charge on any atom is 0.255 e. The SMILES string of the molecule is CCCCCCCCOC1(OO)c2ccccc2C(=O)c2cc(Cl)ccc21. The minimum absolute atomic E-state index is 0.154. The van der Waals surface area contributed by atoms with Crippen molar-refractivity contribution in [3.63, 3.8) is 0 Å². The third-order valence-corrected chi connectivity index (χ3v) is 5.27. The van der Waals surface area contributed by atoms with Crippen LogP contribution in [-0.4, -0.2) is 17.6 Å². The summed E-state index contributed by atoms with van der Waals surface area (Å²) in [6.07, 6.45) is 6.74. The molecule has 1 atom stereocenters. The van der Waals surface area contributed by atoms with E-state index in [0.717, 1.165) is 19.3 Å². The van der Waals surface area contributed by atoms with E-state index in [4.69, 9.17) is 21.2 Å². The van der Waals surface area contributed by atoms with Gasteiger partial charge < -0.3 is 4.74 Å². The molecule has 5 heteroatoms. The van der Waals surface area contributed by atoms with Crippen LogP contribution in [0.3, 0.4) is 0 Å². The average Bonchev–Trinajstić information content (AvgIpc) is 2.70. The summed E-state index contributed by atoms with van der Waals surface area (Å²) in [6.45, 7) is 2.61. The molecule has 0 aromatic heterocycles. The van der Waals surface area contributed by atoms with Crippen LogP contribution in [0.5, 0.6) is 0 Å². The third kappa shape index (κ3) is 3.94. The first-order chi connectivity index (χ1) is 13.1. The molecule has 4 nitrogen and oxygen atoms in total. The smallest absolute Gasteiger partial charge is 0.255 e. The van der Waals surface area contributed by atoms with Gasteiger partial charge in [-0.2, -0.15) is 4.89 Å². The van der Waals surface area contributed by atoms with Crippen molar-refractivity contribution in [3.8, 4) is 0 Å². The number of hydrogen-bond acceptors (Lipinski definition) is 4. The highest BCUT2D eigenvalue weighted by Crippen LogP contribution is 2.43. The lowest BCUT2D eigenvalue weighted by Crippen LogP contribution is -2.40. The molecular formula is C22H25ClO4. The second-order valence-electron chi connectivity index (χ2n) is 6.89. The van der Waals surface area contributed by atoms with Gasteiger partial charge in [-0.3, -0.25) is 4.79 Å². The van der Waals surface area contributed by atoms with Crippen molar-refractivity contribution >= 4 is 17.4 Å². The van der Waals surface area contributed by atoms with Gasteiger partial charge in [0.2, 0.25) is 0 Å². The van der Waals surface area contributed by atoms with Gasteiger partial charge in [-0.15, -0.1) is 0 Å². The average molecular weight is 389 g/mol. The Labute approximate surface area is 165 Å². The number of ether oxygens (including phenoxy) is 1. The summed E-state index contributed by atoms with van der Waals surface area (Å²) in [7, 11) is 0. The lowest BCUT2D eigenvalue weighted by atomic mass is 9.80. The van der Waals surface area contributed by atoms with Crippen molar-refractivity contribution in [2.75, 3.05) is 6.61 Å². The van der Waals surface area contributed by atoms with Gasteiger partial charge in [0, 0.05) is 27.3 Å². The Kier molecular flexibility index (Phi) is 6.66. The van der Waals surface area contributed by atoms with Gasteiger partial charge in [0.05, 0.1) is 6.61 Å². The molecule has 1 unspecified atom stereocenters. The van der Waals surface area contributed by atoms with E-state index >= 15 is 0 Å². The van der Waals surface area contributed by atoms with Crippen molar-refractivity contribution < 1.29 is 19.7 Å². The van der Waals surface area contributed by atoms with Crippen molar-refractivity contribution in [1.29, 1.82) is 0 Å². The van der Waals surface area contributed by atoms with Gasteiger partial charge in [0.1, 0.15) is 0 Å². The van der Waals surface area contributed by atoms with Crippen molar-refractivity contribution in [2.45, 2.75) is 51.2 Å². The predicted octanol–water partition coefficient (Wildman–Crippen LogP) is 5.95. The maximum absolute atomic E-state index is 12.9. The summed E-state index contributed by atoms with van der Waals surface area (Å²) in [5, 5.41) is 10.3. The van der Waals surface area contributed by atoms with Crippen LogP contribution in [0.25, 0.3) is 0 Å². The molecule has 0 saturated carbocycles. The van der Waals surface area contributed by atoms with Crippen LogP contribution in [0.1, 0.15) is 72.5 Å². The molecule has 1 N–H and O–H groups in total. The van der Waals surface area contributed by atoms with Gasteiger partial charge in [0.25, 0.3) is 5.79 Å². The first kappa shape index (κ1) is 20.0. The van der Waals surface area contributed by atoms with Crippen LogP contribution in [0.2, 0.25) is 5.02 Å². The number of fused-ring (bicyclic) bond motifs is 2. The number of halogens is 1. The van der Waals surface area contributed by atoms with Crippen molar-refractivity contribution in [2.24, 2.45) is 0 Å². The summed E-state index contributed by atoms with van der Waals surface area (Å²) in [5.74, 6) is -1.67.